The second kappa shape index (κ2) is 8.09. The quantitative estimate of drug-likeness (QED) is 0.666. The number of nitrogens with one attached hydrogen (secondary N) is 3. The molecule has 0 bridgehead atoms. The minimum absolute atomic E-state index is 0.150. The van der Waals surface area contributed by atoms with E-state index >= 15 is 0 Å². The lowest BCUT2D eigenvalue weighted by atomic mass is 10.2. The number of thiophene rings is 1. The number of aryl methyl sites for hydroxylation is 2. The number of quaternary nitrogens is 1. The maximum atomic E-state index is 12.3. The van der Waals surface area contributed by atoms with Crippen LogP contribution in [-0.4, -0.2) is 35.0 Å². The third-order valence-corrected chi connectivity index (χ3v) is 6.50. The van der Waals surface area contributed by atoms with Gasteiger partial charge in [0.2, 0.25) is 10.0 Å². The Morgan fingerprint density at radius 3 is 2.52 bits per heavy atom. The van der Waals surface area contributed by atoms with Crippen molar-refractivity contribution in [3.63, 3.8) is 0 Å². The minimum Gasteiger partial charge on any atom is -0.325 e. The van der Waals surface area contributed by atoms with Crippen molar-refractivity contribution in [3.05, 3.63) is 45.6 Å². The van der Waals surface area contributed by atoms with Crippen molar-refractivity contribution in [3.8, 4) is 0 Å². The molecule has 136 valence electrons. The summed E-state index contributed by atoms with van der Waals surface area (Å²) in [6.45, 7) is 4.87. The van der Waals surface area contributed by atoms with Gasteiger partial charge in [-0.1, -0.05) is 6.07 Å². The SMILES string of the molecule is CNS(=O)(=O)c1cc(NC(=O)C[NH+](C)Cc2sccc2C)ccc1C. The van der Waals surface area contributed by atoms with E-state index in [2.05, 4.69) is 23.0 Å². The van der Waals surface area contributed by atoms with Crippen molar-refractivity contribution in [2.45, 2.75) is 25.3 Å². The molecule has 6 nitrogen and oxygen atoms in total. The van der Waals surface area contributed by atoms with Crippen LogP contribution in [0.1, 0.15) is 16.0 Å². The molecule has 1 atom stereocenters. The normalized spacial score (nSPS) is 12.8. The zero-order valence-corrected chi connectivity index (χ0v) is 16.5. The first kappa shape index (κ1) is 19.6. The maximum Gasteiger partial charge on any atom is 0.279 e. The topological polar surface area (TPSA) is 79.7 Å². The fourth-order valence-corrected chi connectivity index (χ4v) is 4.49. The van der Waals surface area contributed by atoms with Crippen molar-refractivity contribution in [1.82, 2.24) is 4.72 Å². The van der Waals surface area contributed by atoms with Crippen LogP contribution in [0, 0.1) is 13.8 Å². The molecule has 1 unspecified atom stereocenters. The van der Waals surface area contributed by atoms with Crippen molar-refractivity contribution in [1.29, 1.82) is 0 Å². The van der Waals surface area contributed by atoms with E-state index < -0.39 is 10.0 Å². The number of hydrogen-bond donors (Lipinski definition) is 3. The third kappa shape index (κ3) is 5.12. The Bertz CT molecular complexity index is 860. The molecule has 0 radical (unpaired) electrons. The number of carbonyl (C=O) groups is 1. The average molecular weight is 383 g/mol. The zero-order chi connectivity index (χ0) is 18.6. The highest BCUT2D eigenvalue weighted by molar-refractivity contribution is 7.89. The van der Waals surface area contributed by atoms with Crippen molar-refractivity contribution in [2.75, 3.05) is 26.0 Å². The number of anilines is 1. The molecule has 0 aliphatic rings. The van der Waals surface area contributed by atoms with E-state index in [0.717, 1.165) is 11.4 Å². The summed E-state index contributed by atoms with van der Waals surface area (Å²) < 4.78 is 26.3. The first-order valence-corrected chi connectivity index (χ1v) is 10.3. The molecular weight excluding hydrogens is 358 g/mol. The van der Waals surface area contributed by atoms with Gasteiger partial charge in [-0.3, -0.25) is 4.79 Å². The van der Waals surface area contributed by atoms with Crippen LogP contribution in [0.15, 0.2) is 34.5 Å². The summed E-state index contributed by atoms with van der Waals surface area (Å²) >= 11 is 1.69. The van der Waals surface area contributed by atoms with Crippen LogP contribution >= 0.6 is 11.3 Å². The molecule has 0 saturated carbocycles. The van der Waals surface area contributed by atoms with Gasteiger partial charge in [0.05, 0.1) is 16.8 Å². The summed E-state index contributed by atoms with van der Waals surface area (Å²) in [5, 5.41) is 4.83. The smallest absolute Gasteiger partial charge is 0.279 e. The molecule has 1 amide bonds. The molecule has 0 spiro atoms. The molecule has 1 aromatic heterocycles. The van der Waals surface area contributed by atoms with E-state index in [0.29, 0.717) is 17.8 Å². The molecule has 25 heavy (non-hydrogen) atoms. The summed E-state index contributed by atoms with van der Waals surface area (Å²) in [6.07, 6.45) is 0. The summed E-state index contributed by atoms with van der Waals surface area (Å²) in [4.78, 5) is 14.8. The number of hydrogen-bond acceptors (Lipinski definition) is 4. The monoisotopic (exact) mass is 382 g/mol. The van der Waals surface area contributed by atoms with E-state index in [-0.39, 0.29) is 10.8 Å². The van der Waals surface area contributed by atoms with Gasteiger partial charge in [0.25, 0.3) is 5.91 Å². The Hall–Kier alpha value is -1.74. The predicted molar refractivity (Wildman–Crippen MR) is 101 cm³/mol. The first-order chi connectivity index (χ1) is 11.7. The van der Waals surface area contributed by atoms with Crippen LogP contribution in [-0.2, 0) is 21.4 Å². The van der Waals surface area contributed by atoms with Crippen LogP contribution in [0.4, 0.5) is 5.69 Å². The van der Waals surface area contributed by atoms with Gasteiger partial charge < -0.3 is 10.2 Å². The summed E-state index contributed by atoms with van der Waals surface area (Å²) in [5.41, 5.74) is 2.35. The predicted octanol–water partition coefficient (Wildman–Crippen LogP) is 0.926. The summed E-state index contributed by atoms with van der Waals surface area (Å²) in [7, 11) is -0.225. The Kier molecular flexibility index (Phi) is 6.34. The fourth-order valence-electron chi connectivity index (χ4n) is 2.48. The van der Waals surface area contributed by atoms with Gasteiger partial charge in [-0.05, 0) is 55.6 Å². The van der Waals surface area contributed by atoms with Gasteiger partial charge >= 0.3 is 0 Å². The van der Waals surface area contributed by atoms with Gasteiger partial charge in [-0.15, -0.1) is 11.3 Å². The number of likely N-dealkylation sites (N-methyl/N-ethyl adjacent to an activating group) is 1. The first-order valence-electron chi connectivity index (χ1n) is 7.91. The summed E-state index contributed by atoms with van der Waals surface area (Å²) in [5.74, 6) is -0.150. The van der Waals surface area contributed by atoms with E-state index in [1.54, 1.807) is 30.4 Å². The van der Waals surface area contributed by atoms with Gasteiger partial charge in [0.1, 0.15) is 6.54 Å². The van der Waals surface area contributed by atoms with E-state index in [9.17, 15) is 13.2 Å². The van der Waals surface area contributed by atoms with Gasteiger partial charge in [0.15, 0.2) is 6.54 Å². The van der Waals surface area contributed by atoms with Crippen molar-refractivity contribution < 1.29 is 18.1 Å². The molecule has 0 fully saturated rings. The maximum absolute atomic E-state index is 12.3. The molecule has 3 N–H and O–H groups in total. The average Bonchev–Trinajstić information content (AvgIpc) is 2.93. The standard InChI is InChI=1S/C17H23N3O3S2/c1-12-7-8-24-15(12)10-20(4)11-17(21)19-14-6-5-13(2)16(9-14)25(22,23)18-3/h5-9,18H,10-11H2,1-4H3,(H,19,21)/p+1. The lowest BCUT2D eigenvalue weighted by Gasteiger charge is -2.14. The van der Waals surface area contributed by atoms with Crippen LogP contribution in [0.25, 0.3) is 0 Å². The van der Waals surface area contributed by atoms with Gasteiger partial charge in [-0.2, -0.15) is 0 Å². The zero-order valence-electron chi connectivity index (χ0n) is 14.8. The molecular formula is C17H24N3O3S2+. The molecule has 0 saturated heterocycles. The molecule has 8 heteroatoms. The Morgan fingerprint density at radius 2 is 1.92 bits per heavy atom. The molecule has 0 aliphatic carbocycles. The second-order valence-electron chi connectivity index (χ2n) is 6.07. The highest BCUT2D eigenvalue weighted by Crippen LogP contribution is 2.19. The molecule has 2 rings (SSSR count). The Morgan fingerprint density at radius 1 is 1.20 bits per heavy atom. The van der Waals surface area contributed by atoms with Crippen LogP contribution in [0.3, 0.4) is 0 Å². The van der Waals surface area contributed by atoms with Crippen molar-refractivity contribution >= 4 is 33.0 Å². The molecule has 0 aliphatic heterocycles. The van der Waals surface area contributed by atoms with Gasteiger partial charge in [-0.25, -0.2) is 13.1 Å². The van der Waals surface area contributed by atoms with Gasteiger partial charge in [0, 0.05) is 5.69 Å². The lowest BCUT2D eigenvalue weighted by Crippen LogP contribution is -3.08. The number of carbonyl (C=O) groups excluding carboxylic acids is 1. The third-order valence-electron chi connectivity index (χ3n) is 3.92. The lowest BCUT2D eigenvalue weighted by molar-refractivity contribution is -0.884. The van der Waals surface area contributed by atoms with E-state index in [1.807, 2.05) is 12.4 Å². The summed E-state index contributed by atoms with van der Waals surface area (Å²) in [6, 6.07) is 6.95. The highest BCUT2D eigenvalue weighted by Gasteiger charge is 2.17. The van der Waals surface area contributed by atoms with E-state index in [1.165, 1.54) is 23.6 Å². The number of benzene rings is 1. The Balaban J connectivity index is 2.03. The fraction of sp³-hybridized carbons (Fsp3) is 0.353. The second-order valence-corrected chi connectivity index (χ2v) is 8.93. The number of sulfonamides is 1. The highest BCUT2D eigenvalue weighted by atomic mass is 32.2. The minimum atomic E-state index is -3.55. The number of amides is 1. The molecule has 2 aromatic rings. The van der Waals surface area contributed by atoms with Crippen LogP contribution < -0.4 is 14.9 Å². The molecule has 1 heterocycles. The largest absolute Gasteiger partial charge is 0.325 e. The van der Waals surface area contributed by atoms with Crippen LogP contribution in [0.5, 0.6) is 0 Å². The van der Waals surface area contributed by atoms with E-state index in [4.69, 9.17) is 0 Å². The Labute approximate surface area is 152 Å². The van der Waals surface area contributed by atoms with Crippen molar-refractivity contribution in [2.24, 2.45) is 0 Å². The molecule has 1 aromatic carbocycles. The number of rotatable bonds is 7. The van der Waals surface area contributed by atoms with Crippen LogP contribution in [0.2, 0.25) is 0 Å².